The Bertz CT molecular complexity index is 584. The van der Waals surface area contributed by atoms with Gasteiger partial charge in [0.25, 0.3) is 0 Å². The normalized spacial score (nSPS) is 25.6. The Morgan fingerprint density at radius 3 is 2.59 bits per heavy atom. The summed E-state index contributed by atoms with van der Waals surface area (Å²) >= 11 is 0. The second kappa shape index (κ2) is 6.07. The van der Waals surface area contributed by atoms with E-state index >= 15 is 0 Å². The van der Waals surface area contributed by atoms with Crippen LogP contribution in [-0.2, 0) is 9.59 Å². The van der Waals surface area contributed by atoms with Crippen molar-refractivity contribution in [2.45, 2.75) is 31.7 Å². The Hall–Kier alpha value is -1.91. The molecule has 4 nitrogen and oxygen atoms in total. The quantitative estimate of drug-likeness (QED) is 0.841. The van der Waals surface area contributed by atoms with Crippen molar-refractivity contribution in [3.05, 3.63) is 35.6 Å². The summed E-state index contributed by atoms with van der Waals surface area (Å²) in [7, 11) is 1.67. The van der Waals surface area contributed by atoms with Crippen LogP contribution >= 0.6 is 0 Å². The maximum Gasteiger partial charge on any atom is 0.228 e. The first kappa shape index (κ1) is 15.0. The molecule has 3 rings (SSSR count). The zero-order valence-corrected chi connectivity index (χ0v) is 12.8. The molecule has 0 radical (unpaired) electrons. The lowest BCUT2D eigenvalue weighted by Gasteiger charge is -2.40. The summed E-state index contributed by atoms with van der Waals surface area (Å²) in [6.45, 7) is 1.55. The molecule has 2 aliphatic rings. The van der Waals surface area contributed by atoms with E-state index in [-0.39, 0.29) is 23.5 Å². The SMILES string of the molecule is CN1C(=O)CCC(C(=O)N2CCCC2)C1c1ccccc1F. The fourth-order valence-corrected chi connectivity index (χ4v) is 3.61. The number of nitrogens with zero attached hydrogens (tertiary/aromatic N) is 2. The molecule has 2 amide bonds. The smallest absolute Gasteiger partial charge is 0.228 e. The maximum atomic E-state index is 14.2. The first-order valence-electron chi connectivity index (χ1n) is 7.88. The monoisotopic (exact) mass is 304 g/mol. The number of hydrogen-bond acceptors (Lipinski definition) is 2. The van der Waals surface area contributed by atoms with Crippen molar-refractivity contribution >= 4 is 11.8 Å². The Balaban J connectivity index is 1.94. The maximum absolute atomic E-state index is 14.2. The lowest BCUT2D eigenvalue weighted by Crippen LogP contribution is -2.47. The predicted molar refractivity (Wildman–Crippen MR) is 80.4 cm³/mol. The summed E-state index contributed by atoms with van der Waals surface area (Å²) < 4.78 is 14.2. The van der Waals surface area contributed by atoms with Crippen LogP contribution in [0.15, 0.2) is 24.3 Å². The van der Waals surface area contributed by atoms with Crippen LogP contribution in [0.1, 0.15) is 37.3 Å². The highest BCUT2D eigenvalue weighted by atomic mass is 19.1. The third-order valence-electron chi connectivity index (χ3n) is 4.82. The molecule has 0 N–H and O–H groups in total. The van der Waals surface area contributed by atoms with Crippen molar-refractivity contribution in [3.63, 3.8) is 0 Å². The van der Waals surface area contributed by atoms with E-state index in [4.69, 9.17) is 0 Å². The highest BCUT2D eigenvalue weighted by Crippen LogP contribution is 2.38. The van der Waals surface area contributed by atoms with Crippen LogP contribution in [0.4, 0.5) is 4.39 Å². The van der Waals surface area contributed by atoms with Crippen molar-refractivity contribution < 1.29 is 14.0 Å². The minimum atomic E-state index is -0.504. The van der Waals surface area contributed by atoms with Gasteiger partial charge in [-0.3, -0.25) is 9.59 Å². The van der Waals surface area contributed by atoms with E-state index in [9.17, 15) is 14.0 Å². The number of carbonyl (C=O) groups excluding carboxylic acids is 2. The van der Waals surface area contributed by atoms with Crippen molar-refractivity contribution in [1.29, 1.82) is 0 Å². The van der Waals surface area contributed by atoms with E-state index in [2.05, 4.69) is 0 Å². The zero-order chi connectivity index (χ0) is 15.7. The highest BCUT2D eigenvalue weighted by molar-refractivity contribution is 5.85. The largest absolute Gasteiger partial charge is 0.342 e. The average Bonchev–Trinajstić information content (AvgIpc) is 3.04. The molecule has 0 aromatic heterocycles. The molecule has 0 saturated carbocycles. The van der Waals surface area contributed by atoms with Crippen LogP contribution in [0.3, 0.4) is 0 Å². The Morgan fingerprint density at radius 1 is 1.23 bits per heavy atom. The van der Waals surface area contributed by atoms with Gasteiger partial charge in [-0.1, -0.05) is 18.2 Å². The number of piperidine rings is 1. The fraction of sp³-hybridized carbons (Fsp3) is 0.529. The number of benzene rings is 1. The molecule has 0 aliphatic carbocycles. The van der Waals surface area contributed by atoms with E-state index in [0.717, 1.165) is 25.9 Å². The topological polar surface area (TPSA) is 40.6 Å². The Morgan fingerprint density at radius 2 is 1.91 bits per heavy atom. The van der Waals surface area contributed by atoms with E-state index in [1.807, 2.05) is 4.90 Å². The van der Waals surface area contributed by atoms with Crippen LogP contribution in [-0.4, -0.2) is 41.8 Å². The summed E-state index contributed by atoms with van der Waals surface area (Å²) in [5.74, 6) is -0.671. The number of amides is 2. The van der Waals surface area contributed by atoms with E-state index in [1.54, 1.807) is 30.1 Å². The van der Waals surface area contributed by atoms with Crippen LogP contribution in [0.5, 0.6) is 0 Å². The number of hydrogen-bond donors (Lipinski definition) is 0. The van der Waals surface area contributed by atoms with Crippen molar-refractivity contribution in [2.24, 2.45) is 5.92 Å². The molecule has 2 atom stereocenters. The second-order valence-electron chi connectivity index (χ2n) is 6.15. The molecule has 2 aliphatic heterocycles. The minimum Gasteiger partial charge on any atom is -0.342 e. The summed E-state index contributed by atoms with van der Waals surface area (Å²) in [6.07, 6.45) is 2.90. The molecule has 1 aromatic rings. The predicted octanol–water partition coefficient (Wildman–Crippen LogP) is 2.36. The molecule has 118 valence electrons. The molecule has 2 saturated heterocycles. The van der Waals surface area contributed by atoms with E-state index in [1.165, 1.54) is 6.07 Å². The van der Waals surface area contributed by atoms with Crippen molar-refractivity contribution in [2.75, 3.05) is 20.1 Å². The average molecular weight is 304 g/mol. The molecular weight excluding hydrogens is 283 g/mol. The van der Waals surface area contributed by atoms with Gasteiger partial charge in [-0.2, -0.15) is 0 Å². The third-order valence-corrected chi connectivity index (χ3v) is 4.82. The molecule has 5 heteroatoms. The fourth-order valence-electron chi connectivity index (χ4n) is 3.61. The Kier molecular flexibility index (Phi) is 4.14. The van der Waals surface area contributed by atoms with Gasteiger partial charge >= 0.3 is 0 Å². The van der Waals surface area contributed by atoms with Gasteiger partial charge in [0.1, 0.15) is 5.82 Å². The van der Waals surface area contributed by atoms with Gasteiger partial charge in [0.2, 0.25) is 11.8 Å². The van der Waals surface area contributed by atoms with Gasteiger partial charge < -0.3 is 9.80 Å². The molecule has 2 fully saturated rings. The van der Waals surface area contributed by atoms with Crippen molar-refractivity contribution in [1.82, 2.24) is 9.80 Å². The van der Waals surface area contributed by atoms with Crippen LogP contribution in [0.2, 0.25) is 0 Å². The van der Waals surface area contributed by atoms with Gasteiger partial charge in [-0.25, -0.2) is 4.39 Å². The Labute approximate surface area is 129 Å². The second-order valence-corrected chi connectivity index (χ2v) is 6.15. The summed E-state index contributed by atoms with van der Waals surface area (Å²) in [5.41, 5.74) is 0.440. The number of carbonyl (C=O) groups is 2. The lowest BCUT2D eigenvalue weighted by molar-refractivity contribution is -0.146. The molecule has 2 heterocycles. The lowest BCUT2D eigenvalue weighted by atomic mass is 9.83. The third kappa shape index (κ3) is 2.60. The van der Waals surface area contributed by atoms with E-state index in [0.29, 0.717) is 18.4 Å². The summed E-state index contributed by atoms with van der Waals surface area (Å²) in [5, 5.41) is 0. The summed E-state index contributed by atoms with van der Waals surface area (Å²) in [6, 6.07) is 5.94. The molecule has 0 spiro atoms. The first-order chi connectivity index (χ1) is 10.6. The number of halogens is 1. The standard InChI is InChI=1S/C17H21FN2O2/c1-19-15(21)9-8-13(17(22)20-10-4-5-11-20)16(19)12-6-2-3-7-14(12)18/h2-3,6-7,13,16H,4-5,8-11H2,1H3. The molecule has 2 unspecified atom stereocenters. The number of rotatable bonds is 2. The molecule has 0 bridgehead atoms. The number of likely N-dealkylation sites (tertiary alicyclic amines) is 2. The summed E-state index contributed by atoms with van der Waals surface area (Å²) in [4.78, 5) is 28.3. The first-order valence-corrected chi connectivity index (χ1v) is 7.88. The minimum absolute atomic E-state index is 0.0290. The van der Waals surface area contributed by atoms with Crippen LogP contribution in [0.25, 0.3) is 0 Å². The van der Waals surface area contributed by atoms with E-state index < -0.39 is 6.04 Å². The molecular formula is C17H21FN2O2. The van der Waals surface area contributed by atoms with Gasteiger partial charge in [0, 0.05) is 32.1 Å². The van der Waals surface area contributed by atoms with Crippen molar-refractivity contribution in [3.8, 4) is 0 Å². The van der Waals surface area contributed by atoms with Gasteiger partial charge in [0.15, 0.2) is 0 Å². The van der Waals surface area contributed by atoms with Crippen LogP contribution in [0, 0.1) is 11.7 Å². The molecule has 22 heavy (non-hydrogen) atoms. The van der Waals surface area contributed by atoms with Gasteiger partial charge in [-0.05, 0) is 25.3 Å². The molecule has 1 aromatic carbocycles. The van der Waals surface area contributed by atoms with Gasteiger partial charge in [0.05, 0.1) is 12.0 Å². The van der Waals surface area contributed by atoms with Gasteiger partial charge in [-0.15, -0.1) is 0 Å². The highest BCUT2D eigenvalue weighted by Gasteiger charge is 2.41. The van der Waals surface area contributed by atoms with Crippen LogP contribution < -0.4 is 0 Å². The zero-order valence-electron chi connectivity index (χ0n) is 12.8.